The van der Waals surface area contributed by atoms with Crippen molar-refractivity contribution in [3.05, 3.63) is 66.0 Å². The highest BCUT2D eigenvalue weighted by Gasteiger charge is 2.20. The molecular formula is C22H18N4O4S. The summed E-state index contributed by atoms with van der Waals surface area (Å²) in [4.78, 5) is 20.0. The minimum Gasteiger partial charge on any atom is -0.504 e. The first kappa shape index (κ1) is 20.4. The molecule has 9 heteroatoms. The normalized spacial score (nSPS) is 11.3. The Kier molecular flexibility index (Phi) is 5.85. The largest absolute Gasteiger partial charge is 0.504 e. The molecule has 0 saturated heterocycles. The Bertz CT molecular complexity index is 1270. The first-order valence-electron chi connectivity index (χ1n) is 9.47. The number of thiophene rings is 1. The van der Waals surface area contributed by atoms with Crippen LogP contribution in [0.4, 0.5) is 5.82 Å². The molecule has 0 fully saturated rings. The van der Waals surface area contributed by atoms with Gasteiger partial charge in [-0.25, -0.2) is 14.8 Å². The summed E-state index contributed by atoms with van der Waals surface area (Å²) in [6.07, 6.45) is 1.34. The summed E-state index contributed by atoms with van der Waals surface area (Å²) in [5, 5.41) is 28.2. The Balaban J connectivity index is 1.65. The van der Waals surface area contributed by atoms with Crippen LogP contribution in [0.5, 0.6) is 11.5 Å². The average molecular weight is 434 g/mol. The van der Waals surface area contributed by atoms with Gasteiger partial charge in [0.05, 0.1) is 23.6 Å². The van der Waals surface area contributed by atoms with Crippen molar-refractivity contribution >= 4 is 33.3 Å². The first-order chi connectivity index (χ1) is 15.1. The maximum absolute atomic E-state index is 10.9. The predicted octanol–water partition coefficient (Wildman–Crippen LogP) is 5.44. The van der Waals surface area contributed by atoms with Gasteiger partial charge in [-0.05, 0) is 36.8 Å². The molecule has 4 aromatic rings. The number of para-hydroxylation sites is 1. The van der Waals surface area contributed by atoms with E-state index in [1.54, 1.807) is 12.1 Å². The number of benzene rings is 2. The molecule has 0 spiro atoms. The third kappa shape index (κ3) is 4.22. The van der Waals surface area contributed by atoms with Crippen molar-refractivity contribution in [3.63, 3.8) is 0 Å². The van der Waals surface area contributed by atoms with E-state index in [9.17, 15) is 9.90 Å². The van der Waals surface area contributed by atoms with Crippen LogP contribution in [0.25, 0.3) is 20.7 Å². The van der Waals surface area contributed by atoms with Gasteiger partial charge in [-0.15, -0.1) is 16.5 Å². The predicted molar refractivity (Wildman–Crippen MR) is 117 cm³/mol. The fourth-order valence-electron chi connectivity index (χ4n) is 3.01. The van der Waals surface area contributed by atoms with E-state index in [4.69, 9.17) is 9.84 Å². The molecule has 0 unspecified atom stereocenters. The summed E-state index contributed by atoms with van der Waals surface area (Å²) < 4.78 is 6.31. The Labute approximate surface area is 181 Å². The zero-order chi connectivity index (χ0) is 21.8. The van der Waals surface area contributed by atoms with Gasteiger partial charge in [-0.2, -0.15) is 5.11 Å². The lowest BCUT2D eigenvalue weighted by Crippen LogP contribution is -1.95. The van der Waals surface area contributed by atoms with E-state index >= 15 is 0 Å². The van der Waals surface area contributed by atoms with E-state index in [0.717, 1.165) is 11.1 Å². The molecule has 2 aromatic carbocycles. The number of carboxylic acids is 1. The molecule has 0 saturated carbocycles. The number of aromatic nitrogens is 2. The highest BCUT2D eigenvalue weighted by molar-refractivity contribution is 7.23. The fraction of sp³-hybridized carbons (Fsp3) is 0.136. The molecule has 31 heavy (non-hydrogen) atoms. The number of carbonyl (C=O) groups is 1. The molecule has 2 heterocycles. The Hall–Kier alpha value is -3.85. The van der Waals surface area contributed by atoms with Crippen molar-refractivity contribution in [1.29, 1.82) is 0 Å². The SMILES string of the molecule is CCOc1ccccc1-c1sc2c(N=NCc3ccc(C(=O)O)cc3)ncnc2c1O. The van der Waals surface area contributed by atoms with E-state index < -0.39 is 5.97 Å². The zero-order valence-electron chi connectivity index (χ0n) is 16.5. The monoisotopic (exact) mass is 434 g/mol. The van der Waals surface area contributed by atoms with Crippen LogP contribution in [0.3, 0.4) is 0 Å². The standard InChI is InChI=1S/C22H18N4O4S/c1-2-30-16-6-4-3-5-15(16)19-18(27)17-20(31-19)21(24-12-23-17)26-25-11-13-7-9-14(10-8-13)22(28)29/h3-10,12,27H,2,11H2,1H3,(H,28,29). The van der Waals surface area contributed by atoms with Gasteiger partial charge in [0.25, 0.3) is 0 Å². The molecule has 0 aliphatic rings. The van der Waals surface area contributed by atoms with Crippen LogP contribution in [-0.4, -0.2) is 32.8 Å². The topological polar surface area (TPSA) is 117 Å². The average Bonchev–Trinajstić information content (AvgIpc) is 3.12. The van der Waals surface area contributed by atoms with Crippen molar-refractivity contribution in [2.24, 2.45) is 10.2 Å². The number of carboxylic acid groups (broad SMARTS) is 1. The van der Waals surface area contributed by atoms with Gasteiger partial charge in [-0.1, -0.05) is 24.3 Å². The van der Waals surface area contributed by atoms with Crippen molar-refractivity contribution in [2.75, 3.05) is 6.61 Å². The van der Waals surface area contributed by atoms with Gasteiger partial charge in [0, 0.05) is 5.56 Å². The number of rotatable bonds is 7. The van der Waals surface area contributed by atoms with E-state index in [1.807, 2.05) is 31.2 Å². The van der Waals surface area contributed by atoms with E-state index in [-0.39, 0.29) is 17.9 Å². The maximum atomic E-state index is 10.9. The van der Waals surface area contributed by atoms with Crippen molar-refractivity contribution in [2.45, 2.75) is 13.5 Å². The molecule has 0 aliphatic heterocycles. The summed E-state index contributed by atoms with van der Waals surface area (Å²) in [5.41, 5.74) is 2.21. The molecule has 0 bridgehead atoms. The number of azo groups is 1. The van der Waals surface area contributed by atoms with E-state index in [2.05, 4.69) is 20.2 Å². The minimum atomic E-state index is -0.976. The molecule has 0 radical (unpaired) electrons. The van der Waals surface area contributed by atoms with E-state index in [1.165, 1.54) is 29.8 Å². The summed E-state index contributed by atoms with van der Waals surface area (Å²) in [7, 11) is 0. The van der Waals surface area contributed by atoms with Crippen LogP contribution in [0.2, 0.25) is 0 Å². The van der Waals surface area contributed by atoms with Gasteiger partial charge >= 0.3 is 5.97 Å². The third-order valence-corrected chi connectivity index (χ3v) is 5.68. The Morgan fingerprint density at radius 2 is 1.90 bits per heavy atom. The van der Waals surface area contributed by atoms with Crippen LogP contribution < -0.4 is 4.74 Å². The summed E-state index contributed by atoms with van der Waals surface area (Å²) in [5.74, 6) is 0.103. The Morgan fingerprint density at radius 1 is 1.13 bits per heavy atom. The van der Waals surface area contributed by atoms with Gasteiger partial charge in [0.15, 0.2) is 11.6 Å². The van der Waals surface area contributed by atoms with Gasteiger partial charge in [0.2, 0.25) is 0 Å². The quantitative estimate of drug-likeness (QED) is 0.374. The molecule has 0 aliphatic carbocycles. The number of ether oxygens (including phenoxy) is 1. The molecule has 4 rings (SSSR count). The first-order valence-corrected chi connectivity index (χ1v) is 10.3. The van der Waals surface area contributed by atoms with E-state index in [0.29, 0.717) is 33.3 Å². The van der Waals surface area contributed by atoms with Crippen LogP contribution in [0.15, 0.2) is 65.1 Å². The number of fused-ring (bicyclic) bond motifs is 1. The smallest absolute Gasteiger partial charge is 0.335 e. The van der Waals surface area contributed by atoms with Crippen LogP contribution >= 0.6 is 11.3 Å². The van der Waals surface area contributed by atoms with Gasteiger partial charge < -0.3 is 14.9 Å². The second kappa shape index (κ2) is 8.88. The lowest BCUT2D eigenvalue weighted by Gasteiger charge is -2.08. The third-order valence-electron chi connectivity index (χ3n) is 4.48. The molecule has 0 amide bonds. The molecular weight excluding hydrogens is 416 g/mol. The molecule has 0 atom stereocenters. The summed E-state index contributed by atoms with van der Waals surface area (Å²) in [6.45, 7) is 2.68. The number of nitrogens with zero attached hydrogens (tertiary/aromatic N) is 4. The van der Waals surface area contributed by atoms with Gasteiger partial charge in [0.1, 0.15) is 22.3 Å². The highest BCUT2D eigenvalue weighted by atomic mass is 32.1. The summed E-state index contributed by atoms with van der Waals surface area (Å²) in [6, 6.07) is 13.9. The van der Waals surface area contributed by atoms with Gasteiger partial charge in [-0.3, -0.25) is 0 Å². The molecule has 2 aromatic heterocycles. The lowest BCUT2D eigenvalue weighted by molar-refractivity contribution is 0.0697. The zero-order valence-corrected chi connectivity index (χ0v) is 17.3. The second-order valence-corrected chi connectivity index (χ2v) is 7.51. The van der Waals surface area contributed by atoms with Crippen LogP contribution in [0.1, 0.15) is 22.8 Å². The van der Waals surface area contributed by atoms with Crippen molar-refractivity contribution < 1.29 is 19.7 Å². The summed E-state index contributed by atoms with van der Waals surface area (Å²) >= 11 is 1.32. The molecule has 2 N–H and O–H groups in total. The highest BCUT2D eigenvalue weighted by Crippen LogP contribution is 2.47. The number of aromatic hydroxyl groups is 1. The van der Waals surface area contributed by atoms with Crippen molar-refractivity contribution in [1.82, 2.24) is 9.97 Å². The maximum Gasteiger partial charge on any atom is 0.335 e. The molecule has 8 nitrogen and oxygen atoms in total. The second-order valence-electron chi connectivity index (χ2n) is 6.49. The molecule has 156 valence electrons. The Morgan fingerprint density at radius 3 is 2.65 bits per heavy atom. The minimum absolute atomic E-state index is 0.0512. The number of hydrogen-bond acceptors (Lipinski definition) is 8. The van der Waals surface area contributed by atoms with Crippen molar-refractivity contribution in [3.8, 4) is 21.9 Å². The van der Waals surface area contributed by atoms with Crippen LogP contribution in [0, 0.1) is 0 Å². The number of aromatic carboxylic acids is 1. The fourth-order valence-corrected chi connectivity index (χ4v) is 4.12. The van der Waals surface area contributed by atoms with Crippen LogP contribution in [-0.2, 0) is 6.54 Å². The lowest BCUT2D eigenvalue weighted by atomic mass is 10.1. The number of hydrogen-bond donors (Lipinski definition) is 2.